The SMILES string of the molecule is CCNC(=O)CNC(=O)CN(Cc1ccc(OC)cc1)C1CC1. The summed E-state index contributed by atoms with van der Waals surface area (Å²) < 4.78 is 5.16. The predicted octanol–water partition coefficient (Wildman–Crippen LogP) is 0.912. The first-order chi connectivity index (χ1) is 11.1. The zero-order chi connectivity index (χ0) is 16.7. The molecule has 126 valence electrons. The Hall–Kier alpha value is -2.08. The molecule has 1 aromatic rings. The Labute approximate surface area is 137 Å². The van der Waals surface area contributed by atoms with Crippen molar-refractivity contribution in [3.63, 3.8) is 0 Å². The molecule has 1 fully saturated rings. The normalized spacial score (nSPS) is 13.7. The van der Waals surface area contributed by atoms with E-state index in [1.807, 2.05) is 31.2 Å². The Morgan fingerprint density at radius 1 is 1.17 bits per heavy atom. The average Bonchev–Trinajstić information content (AvgIpc) is 3.38. The zero-order valence-electron chi connectivity index (χ0n) is 13.8. The summed E-state index contributed by atoms with van der Waals surface area (Å²) in [5.74, 6) is 0.553. The monoisotopic (exact) mass is 319 g/mol. The van der Waals surface area contributed by atoms with Crippen molar-refractivity contribution in [2.75, 3.05) is 26.7 Å². The van der Waals surface area contributed by atoms with Gasteiger partial charge in [-0.25, -0.2) is 0 Å². The largest absolute Gasteiger partial charge is 0.497 e. The number of carbonyl (C=O) groups is 2. The maximum Gasteiger partial charge on any atom is 0.239 e. The molecular weight excluding hydrogens is 294 g/mol. The van der Waals surface area contributed by atoms with Gasteiger partial charge in [-0.2, -0.15) is 0 Å². The molecule has 6 heteroatoms. The molecule has 0 aliphatic heterocycles. The number of hydrogen-bond donors (Lipinski definition) is 2. The fraction of sp³-hybridized carbons (Fsp3) is 0.529. The van der Waals surface area contributed by atoms with Crippen molar-refractivity contribution in [3.8, 4) is 5.75 Å². The molecule has 2 N–H and O–H groups in total. The number of likely N-dealkylation sites (N-methyl/N-ethyl adjacent to an activating group) is 1. The molecule has 23 heavy (non-hydrogen) atoms. The topological polar surface area (TPSA) is 70.7 Å². The van der Waals surface area contributed by atoms with Gasteiger partial charge in [0.1, 0.15) is 5.75 Å². The first-order valence-electron chi connectivity index (χ1n) is 8.02. The van der Waals surface area contributed by atoms with Gasteiger partial charge in [0.2, 0.25) is 11.8 Å². The number of benzene rings is 1. The van der Waals surface area contributed by atoms with Crippen molar-refractivity contribution in [2.45, 2.75) is 32.4 Å². The maximum absolute atomic E-state index is 12.0. The van der Waals surface area contributed by atoms with E-state index in [1.54, 1.807) is 7.11 Å². The number of carbonyl (C=O) groups excluding carboxylic acids is 2. The van der Waals surface area contributed by atoms with Crippen LogP contribution in [0.2, 0.25) is 0 Å². The number of ether oxygens (including phenoxy) is 1. The Balaban J connectivity index is 1.83. The van der Waals surface area contributed by atoms with Crippen molar-refractivity contribution >= 4 is 11.8 Å². The third-order valence-corrected chi connectivity index (χ3v) is 3.77. The van der Waals surface area contributed by atoms with Crippen LogP contribution in [0.1, 0.15) is 25.3 Å². The van der Waals surface area contributed by atoms with Crippen molar-refractivity contribution in [3.05, 3.63) is 29.8 Å². The van der Waals surface area contributed by atoms with E-state index in [0.717, 1.165) is 30.7 Å². The molecule has 1 aromatic carbocycles. The molecule has 0 unspecified atom stereocenters. The molecule has 0 radical (unpaired) electrons. The number of nitrogens with one attached hydrogen (secondary N) is 2. The molecule has 1 aliphatic rings. The van der Waals surface area contributed by atoms with Crippen LogP contribution in [0.4, 0.5) is 0 Å². The quantitative estimate of drug-likeness (QED) is 0.710. The summed E-state index contributed by atoms with van der Waals surface area (Å²) in [7, 11) is 1.64. The van der Waals surface area contributed by atoms with Gasteiger partial charge in [0.15, 0.2) is 0 Å². The van der Waals surface area contributed by atoms with Crippen LogP contribution in [0.5, 0.6) is 5.75 Å². The molecule has 0 atom stereocenters. The molecule has 0 saturated heterocycles. The molecule has 2 amide bonds. The summed E-state index contributed by atoms with van der Waals surface area (Å²) in [5, 5.41) is 5.33. The van der Waals surface area contributed by atoms with Crippen LogP contribution in [0.25, 0.3) is 0 Å². The molecule has 0 aromatic heterocycles. The maximum atomic E-state index is 12.0. The lowest BCUT2D eigenvalue weighted by Crippen LogP contribution is -2.42. The van der Waals surface area contributed by atoms with E-state index in [9.17, 15) is 9.59 Å². The minimum absolute atomic E-state index is 0.0354. The molecular formula is C17H25N3O3. The van der Waals surface area contributed by atoms with Crippen LogP contribution in [0, 0.1) is 0 Å². The molecule has 6 nitrogen and oxygen atoms in total. The molecule has 0 bridgehead atoms. The summed E-state index contributed by atoms with van der Waals surface area (Å²) in [5.41, 5.74) is 1.15. The van der Waals surface area contributed by atoms with Gasteiger partial charge in [0.25, 0.3) is 0 Å². The highest BCUT2D eigenvalue weighted by atomic mass is 16.5. The third kappa shape index (κ3) is 5.90. The van der Waals surface area contributed by atoms with Gasteiger partial charge in [-0.05, 0) is 37.5 Å². The fourth-order valence-electron chi connectivity index (χ4n) is 2.40. The van der Waals surface area contributed by atoms with E-state index >= 15 is 0 Å². The summed E-state index contributed by atoms with van der Waals surface area (Å²) in [6.45, 7) is 3.50. The van der Waals surface area contributed by atoms with Crippen LogP contribution in [0.15, 0.2) is 24.3 Å². The van der Waals surface area contributed by atoms with Crippen molar-refractivity contribution < 1.29 is 14.3 Å². The number of methoxy groups -OCH3 is 1. The first-order valence-corrected chi connectivity index (χ1v) is 8.02. The second-order valence-corrected chi connectivity index (χ2v) is 5.71. The molecule has 0 spiro atoms. The first kappa shape index (κ1) is 17.3. The highest BCUT2D eigenvalue weighted by molar-refractivity contribution is 5.85. The van der Waals surface area contributed by atoms with Gasteiger partial charge in [0.05, 0.1) is 20.2 Å². The van der Waals surface area contributed by atoms with Gasteiger partial charge >= 0.3 is 0 Å². The summed E-state index contributed by atoms with van der Waals surface area (Å²) in [4.78, 5) is 25.6. The van der Waals surface area contributed by atoms with Crippen molar-refractivity contribution in [1.29, 1.82) is 0 Å². The molecule has 1 saturated carbocycles. The van der Waals surface area contributed by atoms with Crippen LogP contribution in [-0.4, -0.2) is 49.5 Å². The molecule has 1 aliphatic carbocycles. The smallest absolute Gasteiger partial charge is 0.239 e. The molecule has 2 rings (SSSR count). The van der Waals surface area contributed by atoms with Crippen molar-refractivity contribution in [2.24, 2.45) is 0 Å². The van der Waals surface area contributed by atoms with Crippen LogP contribution >= 0.6 is 0 Å². The second-order valence-electron chi connectivity index (χ2n) is 5.71. The van der Waals surface area contributed by atoms with E-state index in [-0.39, 0.29) is 18.4 Å². The summed E-state index contributed by atoms with van der Waals surface area (Å²) in [6.07, 6.45) is 2.25. The van der Waals surface area contributed by atoms with E-state index in [1.165, 1.54) is 0 Å². The van der Waals surface area contributed by atoms with Gasteiger partial charge in [-0.3, -0.25) is 14.5 Å². The van der Waals surface area contributed by atoms with Crippen LogP contribution < -0.4 is 15.4 Å². The van der Waals surface area contributed by atoms with E-state index in [4.69, 9.17) is 4.74 Å². The van der Waals surface area contributed by atoms with Gasteiger partial charge in [-0.1, -0.05) is 12.1 Å². The number of nitrogens with zero attached hydrogens (tertiary/aromatic N) is 1. The van der Waals surface area contributed by atoms with Gasteiger partial charge < -0.3 is 15.4 Å². The van der Waals surface area contributed by atoms with Gasteiger partial charge in [0, 0.05) is 19.1 Å². The summed E-state index contributed by atoms with van der Waals surface area (Å²) in [6, 6.07) is 8.35. The lowest BCUT2D eigenvalue weighted by molar-refractivity contribution is -0.126. The lowest BCUT2D eigenvalue weighted by Gasteiger charge is -2.21. The second kappa shape index (κ2) is 8.53. The Morgan fingerprint density at radius 2 is 1.87 bits per heavy atom. The Morgan fingerprint density at radius 3 is 2.43 bits per heavy atom. The third-order valence-electron chi connectivity index (χ3n) is 3.77. The number of hydrogen-bond acceptors (Lipinski definition) is 4. The highest BCUT2D eigenvalue weighted by Gasteiger charge is 2.30. The lowest BCUT2D eigenvalue weighted by atomic mass is 10.2. The van der Waals surface area contributed by atoms with Gasteiger partial charge in [-0.15, -0.1) is 0 Å². The average molecular weight is 319 g/mol. The van der Waals surface area contributed by atoms with E-state index in [0.29, 0.717) is 19.1 Å². The standard InChI is InChI=1S/C17H25N3O3/c1-3-18-16(21)10-19-17(22)12-20(14-6-7-14)11-13-4-8-15(23-2)9-5-13/h4-5,8-9,14H,3,6-7,10-12H2,1-2H3,(H,18,21)(H,19,22). The highest BCUT2D eigenvalue weighted by Crippen LogP contribution is 2.28. The zero-order valence-corrected chi connectivity index (χ0v) is 13.8. The van der Waals surface area contributed by atoms with Crippen LogP contribution in [-0.2, 0) is 16.1 Å². The number of rotatable bonds is 9. The number of amides is 2. The van der Waals surface area contributed by atoms with E-state index in [2.05, 4.69) is 15.5 Å². The minimum atomic E-state index is -0.158. The Bertz CT molecular complexity index is 526. The fourth-order valence-corrected chi connectivity index (χ4v) is 2.40. The van der Waals surface area contributed by atoms with Crippen molar-refractivity contribution in [1.82, 2.24) is 15.5 Å². The predicted molar refractivity (Wildman–Crippen MR) is 88.1 cm³/mol. The van der Waals surface area contributed by atoms with Crippen LogP contribution in [0.3, 0.4) is 0 Å². The van der Waals surface area contributed by atoms with E-state index < -0.39 is 0 Å². The Kier molecular flexibility index (Phi) is 6.40. The minimum Gasteiger partial charge on any atom is -0.497 e. The summed E-state index contributed by atoms with van der Waals surface area (Å²) >= 11 is 0. The molecule has 0 heterocycles.